The predicted molar refractivity (Wildman–Crippen MR) is 106 cm³/mol. The van der Waals surface area contributed by atoms with Crippen LogP contribution in [0.15, 0.2) is 53.3 Å². The molecule has 0 bridgehead atoms. The van der Waals surface area contributed by atoms with Crippen LogP contribution in [-0.2, 0) is 6.54 Å². The smallest absolute Gasteiger partial charge is 0.247 e. The first-order chi connectivity index (χ1) is 13.6. The molecular formula is C21H16ClN5O. The van der Waals surface area contributed by atoms with E-state index >= 15 is 0 Å². The maximum absolute atomic E-state index is 9.07. The van der Waals surface area contributed by atoms with Crippen molar-refractivity contribution in [1.82, 2.24) is 20.0 Å². The van der Waals surface area contributed by atoms with Crippen molar-refractivity contribution >= 4 is 11.6 Å². The molecule has 4 rings (SSSR count). The van der Waals surface area contributed by atoms with Gasteiger partial charge in [0, 0.05) is 16.8 Å². The first kappa shape index (κ1) is 18.0. The summed E-state index contributed by atoms with van der Waals surface area (Å²) in [4.78, 5) is 0. The molecule has 0 atom stereocenters. The van der Waals surface area contributed by atoms with Crippen LogP contribution in [0.3, 0.4) is 0 Å². The normalized spacial score (nSPS) is 10.8. The molecule has 138 valence electrons. The summed E-state index contributed by atoms with van der Waals surface area (Å²) >= 11 is 6.21. The molecule has 0 aliphatic carbocycles. The zero-order chi connectivity index (χ0) is 19.7. The van der Waals surface area contributed by atoms with Crippen LogP contribution < -0.4 is 0 Å². The Balaban J connectivity index is 1.63. The number of benzene rings is 2. The van der Waals surface area contributed by atoms with Gasteiger partial charge in [0.05, 0.1) is 22.8 Å². The molecule has 0 spiro atoms. The van der Waals surface area contributed by atoms with E-state index in [0.29, 0.717) is 23.0 Å². The van der Waals surface area contributed by atoms with Gasteiger partial charge in [0.25, 0.3) is 0 Å². The Morgan fingerprint density at radius 3 is 2.50 bits per heavy atom. The van der Waals surface area contributed by atoms with Gasteiger partial charge in [0.15, 0.2) is 0 Å². The highest BCUT2D eigenvalue weighted by atomic mass is 35.5. The van der Waals surface area contributed by atoms with Crippen LogP contribution >= 0.6 is 11.6 Å². The largest absolute Gasteiger partial charge is 0.423 e. The average molecular weight is 390 g/mol. The summed E-state index contributed by atoms with van der Waals surface area (Å²) in [5, 5.41) is 21.8. The predicted octanol–water partition coefficient (Wildman–Crippen LogP) is 4.79. The topological polar surface area (TPSA) is 80.5 Å². The van der Waals surface area contributed by atoms with Gasteiger partial charge in [-0.25, -0.2) is 0 Å². The fourth-order valence-corrected chi connectivity index (χ4v) is 3.48. The maximum Gasteiger partial charge on any atom is 0.247 e. The Morgan fingerprint density at radius 2 is 1.86 bits per heavy atom. The number of aryl methyl sites for hydroxylation is 1. The Labute approximate surface area is 167 Å². The molecule has 7 heteroatoms. The molecule has 0 saturated heterocycles. The minimum absolute atomic E-state index is 0.447. The van der Waals surface area contributed by atoms with E-state index in [0.717, 1.165) is 33.6 Å². The molecule has 2 aromatic carbocycles. The SMILES string of the molecule is Cc1nn(Cc2ccc(-c3nnco3)cc2)c(C)c1-c1ccc(C#N)c(Cl)c1. The zero-order valence-electron chi connectivity index (χ0n) is 15.3. The van der Waals surface area contributed by atoms with E-state index < -0.39 is 0 Å². The van der Waals surface area contributed by atoms with Gasteiger partial charge >= 0.3 is 0 Å². The molecule has 0 unspecified atom stereocenters. The lowest BCUT2D eigenvalue weighted by Crippen LogP contribution is -2.04. The second-order valence-corrected chi connectivity index (χ2v) is 6.86. The Kier molecular flexibility index (Phi) is 4.68. The molecular weight excluding hydrogens is 374 g/mol. The van der Waals surface area contributed by atoms with Gasteiger partial charge in [-0.1, -0.05) is 29.8 Å². The fraction of sp³-hybridized carbons (Fsp3) is 0.143. The molecule has 28 heavy (non-hydrogen) atoms. The standard InChI is InChI=1S/C21H16ClN5O/c1-13-20(17-7-8-18(10-23)19(22)9-17)14(2)27(26-13)11-15-3-5-16(6-4-15)21-25-24-12-28-21/h3-9,12H,11H2,1-2H3. The average Bonchev–Trinajstić information content (AvgIpc) is 3.31. The Bertz CT molecular complexity index is 1170. The fourth-order valence-electron chi connectivity index (χ4n) is 3.25. The van der Waals surface area contributed by atoms with Gasteiger partial charge in [-0.15, -0.1) is 10.2 Å². The van der Waals surface area contributed by atoms with Gasteiger partial charge in [-0.05, 0) is 49.2 Å². The van der Waals surface area contributed by atoms with Gasteiger partial charge in [-0.2, -0.15) is 10.4 Å². The second kappa shape index (κ2) is 7.29. The van der Waals surface area contributed by atoms with Gasteiger partial charge in [0.2, 0.25) is 12.3 Å². The molecule has 0 radical (unpaired) electrons. The third-order valence-corrected chi connectivity index (χ3v) is 4.97. The molecule has 0 aliphatic rings. The lowest BCUT2D eigenvalue weighted by molar-refractivity contribution is 0.568. The van der Waals surface area contributed by atoms with E-state index in [4.69, 9.17) is 26.4 Å². The molecule has 0 saturated carbocycles. The molecule has 4 aromatic rings. The van der Waals surface area contributed by atoms with E-state index in [1.54, 1.807) is 6.07 Å². The zero-order valence-corrected chi connectivity index (χ0v) is 16.1. The van der Waals surface area contributed by atoms with Gasteiger partial charge in [0.1, 0.15) is 6.07 Å². The van der Waals surface area contributed by atoms with Crippen molar-refractivity contribution in [1.29, 1.82) is 5.26 Å². The van der Waals surface area contributed by atoms with Gasteiger partial charge in [-0.3, -0.25) is 4.68 Å². The van der Waals surface area contributed by atoms with E-state index in [1.807, 2.05) is 54.9 Å². The first-order valence-corrected chi connectivity index (χ1v) is 9.04. The summed E-state index contributed by atoms with van der Waals surface area (Å²) in [6.07, 6.45) is 1.32. The highest BCUT2D eigenvalue weighted by Gasteiger charge is 2.15. The summed E-state index contributed by atoms with van der Waals surface area (Å²) in [5.74, 6) is 0.498. The molecule has 0 N–H and O–H groups in total. The first-order valence-electron chi connectivity index (χ1n) is 8.66. The van der Waals surface area contributed by atoms with E-state index in [2.05, 4.69) is 16.3 Å². The summed E-state index contributed by atoms with van der Waals surface area (Å²) in [7, 11) is 0. The van der Waals surface area contributed by atoms with E-state index in [-0.39, 0.29) is 0 Å². The number of hydrogen-bond donors (Lipinski definition) is 0. The van der Waals surface area contributed by atoms with Crippen molar-refractivity contribution in [3.05, 3.63) is 76.4 Å². The summed E-state index contributed by atoms with van der Waals surface area (Å²) < 4.78 is 7.19. The number of nitrogens with zero attached hydrogens (tertiary/aromatic N) is 5. The van der Waals surface area contributed by atoms with Crippen LogP contribution in [0.5, 0.6) is 0 Å². The van der Waals surface area contributed by atoms with E-state index in [1.165, 1.54) is 6.39 Å². The highest BCUT2D eigenvalue weighted by Crippen LogP contribution is 2.30. The minimum Gasteiger partial charge on any atom is -0.423 e. The number of hydrogen-bond acceptors (Lipinski definition) is 5. The summed E-state index contributed by atoms with van der Waals surface area (Å²) in [5.41, 5.74) is 6.40. The maximum atomic E-state index is 9.07. The van der Waals surface area contributed by atoms with Crippen molar-refractivity contribution in [2.45, 2.75) is 20.4 Å². The molecule has 0 amide bonds. The van der Waals surface area contributed by atoms with Gasteiger partial charge < -0.3 is 4.42 Å². The number of aromatic nitrogens is 4. The number of rotatable bonds is 4. The molecule has 0 aliphatic heterocycles. The van der Waals surface area contributed by atoms with Crippen molar-refractivity contribution in [2.24, 2.45) is 0 Å². The van der Waals surface area contributed by atoms with E-state index in [9.17, 15) is 0 Å². The molecule has 2 heterocycles. The third-order valence-electron chi connectivity index (χ3n) is 4.65. The Morgan fingerprint density at radius 1 is 1.11 bits per heavy atom. The second-order valence-electron chi connectivity index (χ2n) is 6.45. The van der Waals surface area contributed by atoms with Crippen molar-refractivity contribution in [3.8, 4) is 28.7 Å². The van der Waals surface area contributed by atoms with Crippen LogP contribution in [0.2, 0.25) is 5.02 Å². The summed E-state index contributed by atoms with van der Waals surface area (Å²) in [6.45, 7) is 4.65. The highest BCUT2D eigenvalue weighted by molar-refractivity contribution is 6.32. The molecule has 2 aromatic heterocycles. The van der Waals surface area contributed by atoms with Crippen molar-refractivity contribution in [2.75, 3.05) is 0 Å². The molecule has 6 nitrogen and oxygen atoms in total. The van der Waals surface area contributed by atoms with Crippen LogP contribution in [0.4, 0.5) is 0 Å². The quantitative estimate of drug-likeness (QED) is 0.501. The van der Waals surface area contributed by atoms with Crippen LogP contribution in [0.1, 0.15) is 22.5 Å². The summed E-state index contributed by atoms with van der Waals surface area (Å²) in [6, 6.07) is 15.5. The number of nitriles is 1. The third kappa shape index (κ3) is 3.28. The molecule has 0 fully saturated rings. The van der Waals surface area contributed by atoms with Crippen LogP contribution in [-0.4, -0.2) is 20.0 Å². The monoisotopic (exact) mass is 389 g/mol. The van der Waals surface area contributed by atoms with Crippen LogP contribution in [0.25, 0.3) is 22.6 Å². The van der Waals surface area contributed by atoms with Crippen molar-refractivity contribution < 1.29 is 4.42 Å². The minimum atomic E-state index is 0.447. The Hall–Kier alpha value is -3.43. The lowest BCUT2D eigenvalue weighted by atomic mass is 10.0. The van der Waals surface area contributed by atoms with Crippen molar-refractivity contribution in [3.63, 3.8) is 0 Å². The number of halogens is 1. The van der Waals surface area contributed by atoms with Crippen LogP contribution in [0, 0.1) is 25.2 Å². The lowest BCUT2D eigenvalue weighted by Gasteiger charge is -2.07.